The fraction of sp³-hybridized carbons (Fsp3) is 0.714. The van der Waals surface area contributed by atoms with Gasteiger partial charge in [-0.2, -0.15) is 0 Å². The third-order valence-corrected chi connectivity index (χ3v) is 2.93. The van der Waals surface area contributed by atoms with Crippen molar-refractivity contribution in [3.8, 4) is 0 Å². The average Bonchev–Trinajstić information content (AvgIpc) is 2.42. The Labute approximate surface area is 137 Å². The Balaban J connectivity index is 3.23. The normalized spacial score (nSPS) is 29.3. The van der Waals surface area contributed by atoms with Gasteiger partial charge in [-0.05, 0) is 0 Å². The summed E-state index contributed by atoms with van der Waals surface area (Å²) in [7, 11) is 0. The monoisotopic (exact) mass is 350 g/mol. The van der Waals surface area contributed by atoms with E-state index in [1.807, 2.05) is 0 Å². The van der Waals surface area contributed by atoms with Crippen LogP contribution in [0.2, 0.25) is 0 Å². The molecule has 24 heavy (non-hydrogen) atoms. The smallest absolute Gasteiger partial charge is 0.305 e. The maximum absolute atomic E-state index is 13.3. The van der Waals surface area contributed by atoms with E-state index in [-0.39, 0.29) is 0 Å². The van der Waals surface area contributed by atoms with Gasteiger partial charge in [-0.25, -0.2) is 4.39 Å². The molecule has 0 aromatic carbocycles. The summed E-state index contributed by atoms with van der Waals surface area (Å²) >= 11 is 0. The molecule has 0 aromatic heterocycles. The minimum atomic E-state index is -1.52. The summed E-state index contributed by atoms with van der Waals surface area (Å²) in [5.74, 6) is -3.16. The number of carbonyl (C=O) groups excluding carboxylic acids is 4. The van der Waals surface area contributed by atoms with Crippen LogP contribution in [0.25, 0.3) is 0 Å². The molecule has 0 aromatic rings. The third kappa shape index (κ3) is 5.44. The van der Waals surface area contributed by atoms with Crippen molar-refractivity contribution in [3.05, 3.63) is 0 Å². The van der Waals surface area contributed by atoms with Gasteiger partial charge in [0.2, 0.25) is 12.4 Å². The minimum Gasteiger partial charge on any atom is -0.456 e. The molecule has 1 aliphatic rings. The predicted molar refractivity (Wildman–Crippen MR) is 73.1 cm³/mol. The molecule has 0 spiro atoms. The number of carbonyl (C=O) groups is 4. The number of alkyl halides is 1. The highest BCUT2D eigenvalue weighted by Crippen LogP contribution is 2.29. The molecule has 136 valence electrons. The molecule has 1 rings (SSSR count). The van der Waals surface area contributed by atoms with Crippen LogP contribution in [0, 0.1) is 0 Å². The first-order chi connectivity index (χ1) is 11.1. The fourth-order valence-electron chi connectivity index (χ4n) is 2.24. The largest absolute Gasteiger partial charge is 0.456 e. The lowest BCUT2D eigenvalue weighted by molar-refractivity contribution is -0.297. The van der Waals surface area contributed by atoms with E-state index in [0.717, 1.165) is 27.7 Å². The third-order valence-electron chi connectivity index (χ3n) is 2.93. The summed E-state index contributed by atoms with van der Waals surface area (Å²) in [5, 5.41) is 0. The van der Waals surface area contributed by atoms with Crippen molar-refractivity contribution in [3.63, 3.8) is 0 Å². The quantitative estimate of drug-likeness (QED) is 0.500. The first-order valence-corrected chi connectivity index (χ1v) is 7.06. The Morgan fingerprint density at radius 3 is 1.58 bits per heavy atom. The van der Waals surface area contributed by atoms with Crippen LogP contribution in [0.5, 0.6) is 0 Å². The topological polar surface area (TPSA) is 114 Å². The fourth-order valence-corrected chi connectivity index (χ4v) is 2.24. The van der Waals surface area contributed by atoms with Crippen molar-refractivity contribution in [2.45, 2.75) is 58.4 Å². The van der Waals surface area contributed by atoms with E-state index in [4.69, 9.17) is 23.7 Å². The van der Waals surface area contributed by atoms with Crippen molar-refractivity contribution in [1.29, 1.82) is 0 Å². The Bertz CT molecular complexity index is 506. The van der Waals surface area contributed by atoms with Crippen molar-refractivity contribution < 1.29 is 47.3 Å². The number of ether oxygens (including phenoxy) is 5. The molecule has 1 aliphatic heterocycles. The molecule has 0 aliphatic carbocycles. The van der Waals surface area contributed by atoms with Crippen molar-refractivity contribution in [2.24, 2.45) is 0 Å². The number of halogens is 1. The molecule has 9 nitrogen and oxygen atoms in total. The lowest BCUT2D eigenvalue weighted by Crippen LogP contribution is -2.62. The molecular formula is C14H19FO9. The maximum Gasteiger partial charge on any atom is 0.305 e. The molecule has 1 heterocycles. The molecule has 0 N–H and O–H groups in total. The van der Waals surface area contributed by atoms with Crippen LogP contribution < -0.4 is 0 Å². The molecule has 5 atom stereocenters. The van der Waals surface area contributed by atoms with E-state index >= 15 is 0 Å². The second-order valence-electron chi connectivity index (χ2n) is 5.03. The summed E-state index contributed by atoms with van der Waals surface area (Å²) in [6.07, 6.45) is -7.12. The Kier molecular flexibility index (Phi) is 7.08. The van der Waals surface area contributed by atoms with Crippen molar-refractivity contribution in [1.82, 2.24) is 0 Å². The van der Waals surface area contributed by atoms with Gasteiger partial charge in [0.1, 0.15) is 12.8 Å². The zero-order valence-corrected chi connectivity index (χ0v) is 13.6. The average molecular weight is 350 g/mol. The van der Waals surface area contributed by atoms with E-state index < -0.39 is 61.3 Å². The van der Waals surface area contributed by atoms with Crippen LogP contribution in [0.4, 0.5) is 4.39 Å². The van der Waals surface area contributed by atoms with E-state index in [9.17, 15) is 23.6 Å². The zero-order chi connectivity index (χ0) is 18.4. The SMILES string of the molecule is CC(=O)O[C@H]1O[C@H](CF)[C@@H](OC(C)=O)[C@H](OC(C)=O)[C@@H]1OC(C)=O. The highest BCUT2D eigenvalue weighted by Gasteiger charge is 2.53. The van der Waals surface area contributed by atoms with Gasteiger partial charge in [-0.3, -0.25) is 19.2 Å². The molecule has 0 bridgehead atoms. The molecular weight excluding hydrogens is 331 g/mol. The van der Waals surface area contributed by atoms with Crippen LogP contribution >= 0.6 is 0 Å². The van der Waals surface area contributed by atoms with Gasteiger partial charge in [0.15, 0.2) is 12.2 Å². The minimum absolute atomic E-state index is 0.785. The van der Waals surface area contributed by atoms with Crippen LogP contribution in [0.15, 0.2) is 0 Å². The Morgan fingerprint density at radius 2 is 1.17 bits per heavy atom. The van der Waals surface area contributed by atoms with E-state index in [0.29, 0.717) is 0 Å². The van der Waals surface area contributed by atoms with Gasteiger partial charge in [0, 0.05) is 27.7 Å². The number of esters is 4. The summed E-state index contributed by atoms with van der Waals surface area (Å²) in [4.78, 5) is 45.1. The van der Waals surface area contributed by atoms with E-state index in [2.05, 4.69) is 0 Å². The van der Waals surface area contributed by atoms with Crippen LogP contribution in [0.1, 0.15) is 27.7 Å². The molecule has 0 saturated carbocycles. The molecule has 1 fully saturated rings. The van der Waals surface area contributed by atoms with Gasteiger partial charge >= 0.3 is 23.9 Å². The maximum atomic E-state index is 13.3. The second-order valence-corrected chi connectivity index (χ2v) is 5.03. The standard InChI is InChI=1S/C14H19FO9/c1-6(16)20-11-10(5-15)24-14(23-9(4)19)13(22-8(3)18)12(11)21-7(2)17/h10-14H,5H2,1-4H3/t10-,11-,12+,13+,14+/m1/s1. The number of hydrogen-bond acceptors (Lipinski definition) is 9. The highest BCUT2D eigenvalue weighted by molar-refractivity contribution is 5.69. The predicted octanol–water partition coefficient (Wildman–Crippen LogP) is 0.0390. The van der Waals surface area contributed by atoms with Crippen molar-refractivity contribution in [2.75, 3.05) is 6.67 Å². The van der Waals surface area contributed by atoms with Gasteiger partial charge in [0.25, 0.3) is 0 Å². The lowest BCUT2D eigenvalue weighted by atomic mass is 9.98. The van der Waals surface area contributed by atoms with E-state index in [1.165, 1.54) is 0 Å². The molecule has 1 saturated heterocycles. The number of hydrogen-bond donors (Lipinski definition) is 0. The molecule has 0 amide bonds. The van der Waals surface area contributed by atoms with Gasteiger partial charge < -0.3 is 23.7 Å². The molecule has 0 radical (unpaired) electrons. The Morgan fingerprint density at radius 1 is 0.750 bits per heavy atom. The molecule has 0 unspecified atom stereocenters. The first kappa shape index (κ1) is 19.8. The van der Waals surface area contributed by atoms with Crippen LogP contribution in [-0.4, -0.2) is 61.3 Å². The summed E-state index contributed by atoms with van der Waals surface area (Å²) in [6, 6.07) is 0. The summed E-state index contributed by atoms with van der Waals surface area (Å²) in [6.45, 7) is 3.14. The second kappa shape index (κ2) is 8.57. The summed E-state index contributed by atoms with van der Waals surface area (Å²) < 4.78 is 38.4. The van der Waals surface area contributed by atoms with E-state index in [1.54, 1.807) is 0 Å². The van der Waals surface area contributed by atoms with Crippen LogP contribution in [-0.2, 0) is 42.9 Å². The van der Waals surface area contributed by atoms with Gasteiger partial charge in [0.05, 0.1) is 0 Å². The van der Waals surface area contributed by atoms with Crippen molar-refractivity contribution >= 4 is 23.9 Å². The van der Waals surface area contributed by atoms with Gasteiger partial charge in [-0.15, -0.1) is 0 Å². The summed E-state index contributed by atoms with van der Waals surface area (Å²) in [5.41, 5.74) is 0. The Hall–Kier alpha value is -2.23. The lowest BCUT2D eigenvalue weighted by Gasteiger charge is -2.43. The van der Waals surface area contributed by atoms with Gasteiger partial charge in [-0.1, -0.05) is 0 Å². The molecule has 10 heteroatoms. The first-order valence-electron chi connectivity index (χ1n) is 7.06. The zero-order valence-electron chi connectivity index (χ0n) is 13.6. The highest BCUT2D eigenvalue weighted by atomic mass is 19.1. The number of rotatable bonds is 5. The van der Waals surface area contributed by atoms with Crippen LogP contribution in [0.3, 0.4) is 0 Å².